The van der Waals surface area contributed by atoms with Gasteiger partial charge in [-0.2, -0.15) is 0 Å². The number of hydrogen-bond donors (Lipinski definition) is 2. The monoisotopic (exact) mass is 191 g/mol. The van der Waals surface area contributed by atoms with Crippen LogP contribution in [0.2, 0.25) is 0 Å². The lowest BCUT2D eigenvalue weighted by Crippen LogP contribution is -2.35. The average molecular weight is 191 g/mol. The molecule has 0 amide bonds. The van der Waals surface area contributed by atoms with E-state index in [1.807, 2.05) is 6.08 Å². The van der Waals surface area contributed by atoms with Gasteiger partial charge in [0.1, 0.15) is 5.84 Å². The molecule has 0 saturated carbocycles. The maximum Gasteiger partial charge on any atom is 0.104 e. The molecule has 0 bridgehead atoms. The first-order valence-corrected chi connectivity index (χ1v) is 5.18. The molecule has 2 heterocycles. The molecule has 0 aromatic heterocycles. The van der Waals surface area contributed by atoms with Gasteiger partial charge in [0.25, 0.3) is 0 Å². The van der Waals surface area contributed by atoms with E-state index in [1.165, 1.54) is 11.3 Å². The van der Waals surface area contributed by atoms with Crippen LogP contribution in [0.25, 0.3) is 0 Å². The van der Waals surface area contributed by atoms with E-state index in [4.69, 9.17) is 0 Å². The van der Waals surface area contributed by atoms with Gasteiger partial charge in [0.2, 0.25) is 0 Å². The summed E-state index contributed by atoms with van der Waals surface area (Å²) in [7, 11) is 0. The molecule has 2 aliphatic rings. The second-order valence-electron chi connectivity index (χ2n) is 3.75. The summed E-state index contributed by atoms with van der Waals surface area (Å²) in [4.78, 5) is 4.49. The van der Waals surface area contributed by atoms with E-state index >= 15 is 0 Å². The molecule has 2 rings (SSSR count). The predicted molar refractivity (Wildman–Crippen MR) is 59.3 cm³/mol. The summed E-state index contributed by atoms with van der Waals surface area (Å²) in [5, 5.41) is 6.71. The summed E-state index contributed by atoms with van der Waals surface area (Å²) >= 11 is 0. The van der Waals surface area contributed by atoms with Crippen LogP contribution in [0.1, 0.15) is 13.3 Å². The fraction of sp³-hybridized carbons (Fsp3) is 0.545. The number of aliphatic imine (C=N–C) groups is 1. The van der Waals surface area contributed by atoms with Crippen LogP contribution < -0.4 is 10.6 Å². The molecule has 1 atom stereocenters. The number of allylic oxidation sites excluding steroid dienone is 2. The zero-order chi connectivity index (χ0) is 9.97. The van der Waals surface area contributed by atoms with Gasteiger partial charge < -0.3 is 10.6 Å². The highest BCUT2D eigenvalue weighted by Gasteiger charge is 2.25. The molecule has 0 radical (unpaired) electrons. The Morgan fingerprint density at radius 1 is 1.43 bits per heavy atom. The lowest BCUT2D eigenvalue weighted by atomic mass is 9.90. The summed E-state index contributed by atoms with van der Waals surface area (Å²) in [6.45, 7) is 8.93. The van der Waals surface area contributed by atoms with E-state index in [0.717, 1.165) is 31.9 Å². The SMILES string of the molecule is C=CC1=C(C)NCCC1C1=NCCN1. The summed E-state index contributed by atoms with van der Waals surface area (Å²) < 4.78 is 0. The maximum absolute atomic E-state index is 4.49. The molecule has 14 heavy (non-hydrogen) atoms. The van der Waals surface area contributed by atoms with Gasteiger partial charge in [-0.1, -0.05) is 12.7 Å². The predicted octanol–water partition coefficient (Wildman–Crippen LogP) is 1.06. The van der Waals surface area contributed by atoms with Crippen molar-refractivity contribution < 1.29 is 0 Å². The molecule has 0 aromatic rings. The lowest BCUT2D eigenvalue weighted by Gasteiger charge is -2.26. The Kier molecular flexibility index (Phi) is 2.57. The molecule has 2 N–H and O–H groups in total. The van der Waals surface area contributed by atoms with E-state index in [0.29, 0.717) is 5.92 Å². The molecule has 1 unspecified atom stereocenters. The minimum absolute atomic E-state index is 0.441. The van der Waals surface area contributed by atoms with Crippen molar-refractivity contribution in [1.82, 2.24) is 10.6 Å². The molecule has 0 fully saturated rings. The molecule has 0 saturated heterocycles. The second kappa shape index (κ2) is 3.86. The Bertz CT molecular complexity index is 302. The van der Waals surface area contributed by atoms with E-state index < -0.39 is 0 Å². The van der Waals surface area contributed by atoms with Crippen molar-refractivity contribution in [3.63, 3.8) is 0 Å². The largest absolute Gasteiger partial charge is 0.388 e. The fourth-order valence-corrected chi connectivity index (χ4v) is 2.15. The molecule has 76 valence electrons. The van der Waals surface area contributed by atoms with Crippen LogP contribution in [0.3, 0.4) is 0 Å². The minimum Gasteiger partial charge on any atom is -0.388 e. The molecule has 2 aliphatic heterocycles. The van der Waals surface area contributed by atoms with Crippen LogP contribution in [0.5, 0.6) is 0 Å². The first-order valence-electron chi connectivity index (χ1n) is 5.18. The van der Waals surface area contributed by atoms with E-state index in [-0.39, 0.29) is 0 Å². The van der Waals surface area contributed by atoms with E-state index in [1.54, 1.807) is 0 Å². The van der Waals surface area contributed by atoms with Crippen molar-refractivity contribution >= 4 is 5.84 Å². The fourth-order valence-electron chi connectivity index (χ4n) is 2.15. The third kappa shape index (κ3) is 1.54. The van der Waals surface area contributed by atoms with Crippen LogP contribution in [0.4, 0.5) is 0 Å². The number of nitrogens with one attached hydrogen (secondary N) is 2. The topological polar surface area (TPSA) is 36.4 Å². The van der Waals surface area contributed by atoms with Crippen LogP contribution in [0, 0.1) is 5.92 Å². The van der Waals surface area contributed by atoms with Crippen LogP contribution >= 0.6 is 0 Å². The van der Waals surface area contributed by atoms with Crippen LogP contribution in [0.15, 0.2) is 28.9 Å². The average Bonchev–Trinajstić information content (AvgIpc) is 2.70. The van der Waals surface area contributed by atoms with Crippen molar-refractivity contribution in [3.05, 3.63) is 23.9 Å². The maximum atomic E-state index is 4.49. The van der Waals surface area contributed by atoms with Crippen molar-refractivity contribution in [3.8, 4) is 0 Å². The van der Waals surface area contributed by atoms with Gasteiger partial charge in [0.15, 0.2) is 0 Å². The third-order valence-corrected chi connectivity index (χ3v) is 2.88. The first-order chi connectivity index (χ1) is 6.83. The van der Waals surface area contributed by atoms with Crippen molar-refractivity contribution in [2.24, 2.45) is 10.9 Å². The quantitative estimate of drug-likeness (QED) is 0.684. The number of amidine groups is 1. The Labute approximate surface area is 85.0 Å². The lowest BCUT2D eigenvalue weighted by molar-refractivity contribution is 0.601. The molecule has 0 aliphatic carbocycles. The third-order valence-electron chi connectivity index (χ3n) is 2.88. The zero-order valence-corrected chi connectivity index (χ0v) is 8.64. The van der Waals surface area contributed by atoms with Gasteiger partial charge in [-0.05, 0) is 18.9 Å². The Balaban J connectivity index is 2.25. The zero-order valence-electron chi connectivity index (χ0n) is 8.64. The molecular weight excluding hydrogens is 174 g/mol. The minimum atomic E-state index is 0.441. The van der Waals surface area contributed by atoms with E-state index in [2.05, 4.69) is 29.1 Å². The Morgan fingerprint density at radius 2 is 2.29 bits per heavy atom. The summed E-state index contributed by atoms with van der Waals surface area (Å²) in [5.74, 6) is 1.59. The van der Waals surface area contributed by atoms with Gasteiger partial charge in [-0.3, -0.25) is 4.99 Å². The smallest absolute Gasteiger partial charge is 0.104 e. The summed E-state index contributed by atoms with van der Waals surface area (Å²) in [6, 6.07) is 0. The highest BCUT2D eigenvalue weighted by atomic mass is 15.1. The van der Waals surface area contributed by atoms with Crippen LogP contribution in [-0.4, -0.2) is 25.5 Å². The normalized spacial score (nSPS) is 26.6. The van der Waals surface area contributed by atoms with Gasteiger partial charge in [-0.25, -0.2) is 0 Å². The molecular formula is C11H17N3. The standard InChI is InChI=1S/C11H17N3/c1-3-9-8(2)12-5-4-10(9)11-13-6-7-14-11/h3,10,12H,1,4-7H2,2H3,(H,13,14). The second-order valence-corrected chi connectivity index (χ2v) is 3.75. The Hall–Kier alpha value is -1.25. The molecule has 0 aromatic carbocycles. The Morgan fingerprint density at radius 3 is 2.93 bits per heavy atom. The number of hydrogen-bond acceptors (Lipinski definition) is 3. The first kappa shape index (κ1) is 9.31. The highest BCUT2D eigenvalue weighted by Crippen LogP contribution is 2.24. The number of rotatable bonds is 2. The van der Waals surface area contributed by atoms with Crippen molar-refractivity contribution in [1.29, 1.82) is 0 Å². The van der Waals surface area contributed by atoms with Crippen LogP contribution in [-0.2, 0) is 0 Å². The highest BCUT2D eigenvalue weighted by molar-refractivity contribution is 5.89. The van der Waals surface area contributed by atoms with Gasteiger partial charge in [0, 0.05) is 24.7 Å². The van der Waals surface area contributed by atoms with E-state index in [9.17, 15) is 0 Å². The number of nitrogens with zero attached hydrogens (tertiary/aromatic N) is 1. The van der Waals surface area contributed by atoms with Gasteiger partial charge in [0.05, 0.1) is 6.54 Å². The molecule has 0 spiro atoms. The van der Waals surface area contributed by atoms with Gasteiger partial charge >= 0.3 is 0 Å². The summed E-state index contributed by atoms with van der Waals surface area (Å²) in [6.07, 6.45) is 3.07. The van der Waals surface area contributed by atoms with Crippen molar-refractivity contribution in [2.45, 2.75) is 13.3 Å². The molecule has 3 nitrogen and oxygen atoms in total. The van der Waals surface area contributed by atoms with Crippen molar-refractivity contribution in [2.75, 3.05) is 19.6 Å². The van der Waals surface area contributed by atoms with Gasteiger partial charge in [-0.15, -0.1) is 0 Å². The summed E-state index contributed by atoms with van der Waals surface area (Å²) in [5.41, 5.74) is 2.54. The molecule has 3 heteroatoms.